The molecule has 0 unspecified atom stereocenters. The zero-order valence-corrected chi connectivity index (χ0v) is 15.1. The highest BCUT2D eigenvalue weighted by atomic mass is 35.5. The summed E-state index contributed by atoms with van der Waals surface area (Å²) in [5, 5.41) is 5.51. The number of halogens is 2. The Morgan fingerprint density at radius 3 is 2.28 bits per heavy atom. The number of rotatable bonds is 6. The lowest BCUT2D eigenvalue weighted by molar-refractivity contribution is 0.597. The van der Waals surface area contributed by atoms with Gasteiger partial charge in [0.2, 0.25) is 10.0 Å². The maximum absolute atomic E-state index is 13.4. The van der Waals surface area contributed by atoms with Gasteiger partial charge in [0.25, 0.3) is 10.0 Å². The minimum atomic E-state index is -4.25. The van der Waals surface area contributed by atoms with Crippen LogP contribution in [-0.4, -0.2) is 16.8 Å². The van der Waals surface area contributed by atoms with E-state index in [4.69, 9.17) is 16.7 Å². The molecule has 0 heterocycles. The van der Waals surface area contributed by atoms with Crippen LogP contribution in [0.25, 0.3) is 0 Å². The maximum atomic E-state index is 13.4. The molecule has 2 aromatic carbocycles. The molecular weight excluding hydrogens is 391 g/mol. The quantitative estimate of drug-likeness (QED) is 0.771. The van der Waals surface area contributed by atoms with Crippen molar-refractivity contribution in [1.29, 1.82) is 0 Å². The first kappa shape index (κ1) is 19.4. The van der Waals surface area contributed by atoms with Gasteiger partial charge in [-0.05, 0) is 35.9 Å². The van der Waals surface area contributed by atoms with Crippen LogP contribution in [0.15, 0.2) is 58.8 Å². The fourth-order valence-electron chi connectivity index (χ4n) is 1.97. The average molecular weight is 405 g/mol. The van der Waals surface area contributed by atoms with Crippen LogP contribution in [0.2, 0.25) is 5.02 Å². The molecule has 134 valence electrons. The zero-order valence-electron chi connectivity index (χ0n) is 12.7. The Balaban J connectivity index is 2.31. The molecule has 3 N–H and O–H groups in total. The highest BCUT2D eigenvalue weighted by Gasteiger charge is 2.22. The minimum absolute atomic E-state index is 0.0352. The molecule has 0 aliphatic carbocycles. The summed E-state index contributed by atoms with van der Waals surface area (Å²) < 4.78 is 63.2. The number of primary sulfonamides is 1. The molecule has 0 aromatic heterocycles. The van der Waals surface area contributed by atoms with Crippen LogP contribution in [0.1, 0.15) is 5.56 Å². The van der Waals surface area contributed by atoms with E-state index in [-0.39, 0.29) is 11.3 Å². The van der Waals surface area contributed by atoms with Crippen molar-refractivity contribution in [3.8, 4) is 0 Å². The summed E-state index contributed by atoms with van der Waals surface area (Å²) >= 11 is 5.76. The maximum Gasteiger partial charge on any atom is 0.257 e. The van der Waals surface area contributed by atoms with Crippen molar-refractivity contribution in [2.24, 2.45) is 5.14 Å². The van der Waals surface area contributed by atoms with Crippen LogP contribution in [0.4, 0.5) is 10.1 Å². The van der Waals surface area contributed by atoms with Gasteiger partial charge in [0.1, 0.15) is 10.7 Å². The van der Waals surface area contributed by atoms with Gasteiger partial charge in [0.15, 0.2) is 0 Å². The second-order valence-electron chi connectivity index (χ2n) is 5.13. The second-order valence-corrected chi connectivity index (χ2v) is 8.89. The van der Waals surface area contributed by atoms with Gasteiger partial charge >= 0.3 is 0 Å². The van der Waals surface area contributed by atoms with Crippen LogP contribution in [-0.2, 0) is 26.5 Å². The SMILES string of the molecule is C=C(Cc1ccc(Cl)cc1)S(=O)(=O)Nc1cc(F)ccc1S(N)(=O)=O. The number of hydrogen-bond donors (Lipinski definition) is 2. The van der Waals surface area contributed by atoms with Crippen LogP contribution in [0.3, 0.4) is 0 Å². The molecule has 10 heteroatoms. The van der Waals surface area contributed by atoms with E-state index in [0.29, 0.717) is 10.6 Å². The lowest BCUT2D eigenvalue weighted by Crippen LogP contribution is -2.20. The first-order valence-electron chi connectivity index (χ1n) is 6.76. The molecule has 0 radical (unpaired) electrons. The Bertz CT molecular complexity index is 1020. The fourth-order valence-corrected chi connectivity index (χ4v) is 3.80. The third kappa shape index (κ3) is 5.02. The summed E-state index contributed by atoms with van der Waals surface area (Å²) in [6.07, 6.45) is -0.0352. The van der Waals surface area contributed by atoms with Gasteiger partial charge in [-0.1, -0.05) is 30.3 Å². The number of sulfonamides is 2. The smallest absolute Gasteiger partial charge is 0.257 e. The second kappa shape index (κ2) is 7.12. The molecule has 0 bridgehead atoms. The van der Waals surface area contributed by atoms with Crippen LogP contribution < -0.4 is 9.86 Å². The lowest BCUT2D eigenvalue weighted by Gasteiger charge is -2.13. The van der Waals surface area contributed by atoms with E-state index in [1.807, 2.05) is 4.72 Å². The summed E-state index contributed by atoms with van der Waals surface area (Å²) in [7, 11) is -8.44. The number of nitrogens with one attached hydrogen (secondary N) is 1. The molecule has 6 nitrogen and oxygen atoms in total. The molecule has 0 aliphatic heterocycles. The van der Waals surface area contributed by atoms with Crippen LogP contribution in [0.5, 0.6) is 0 Å². The predicted octanol–water partition coefficient (Wildman–Crippen LogP) is 2.62. The Morgan fingerprint density at radius 2 is 1.72 bits per heavy atom. The summed E-state index contributed by atoms with van der Waals surface area (Å²) in [6.45, 7) is 3.50. The minimum Gasteiger partial charge on any atom is -0.278 e. The molecule has 0 fully saturated rings. The Morgan fingerprint density at radius 1 is 1.12 bits per heavy atom. The van der Waals surface area contributed by atoms with E-state index in [2.05, 4.69) is 6.58 Å². The van der Waals surface area contributed by atoms with Gasteiger partial charge in [-0.2, -0.15) is 0 Å². The van der Waals surface area contributed by atoms with Crippen molar-refractivity contribution in [3.63, 3.8) is 0 Å². The van der Waals surface area contributed by atoms with Gasteiger partial charge in [-0.25, -0.2) is 26.4 Å². The Labute approximate surface area is 150 Å². The van der Waals surface area contributed by atoms with E-state index in [1.165, 1.54) is 0 Å². The highest BCUT2D eigenvalue weighted by molar-refractivity contribution is 7.96. The fraction of sp³-hybridized carbons (Fsp3) is 0.0667. The largest absolute Gasteiger partial charge is 0.278 e. The Hall–Kier alpha value is -1.94. The van der Waals surface area contributed by atoms with E-state index < -0.39 is 36.4 Å². The van der Waals surface area contributed by atoms with Crippen molar-refractivity contribution in [2.75, 3.05) is 4.72 Å². The number of hydrogen-bond acceptors (Lipinski definition) is 4. The van der Waals surface area contributed by atoms with Gasteiger partial charge in [-0.15, -0.1) is 0 Å². The van der Waals surface area contributed by atoms with E-state index in [0.717, 1.165) is 18.2 Å². The molecule has 0 aliphatic rings. The summed E-state index contributed by atoms with van der Waals surface area (Å²) in [5.74, 6) is -0.826. The Kier molecular flexibility index (Phi) is 5.52. The number of benzene rings is 2. The van der Waals surface area contributed by atoms with Gasteiger partial charge in [0, 0.05) is 11.4 Å². The van der Waals surface area contributed by atoms with Gasteiger partial charge < -0.3 is 0 Å². The topological polar surface area (TPSA) is 106 Å². The monoisotopic (exact) mass is 404 g/mol. The molecular formula is C15H14ClFN2O4S2. The normalized spacial score (nSPS) is 12.0. The number of anilines is 1. The third-order valence-corrected chi connectivity index (χ3v) is 5.80. The molecule has 25 heavy (non-hydrogen) atoms. The molecule has 2 rings (SSSR count). The van der Waals surface area contributed by atoms with Crippen molar-refractivity contribution in [1.82, 2.24) is 0 Å². The summed E-state index contributed by atoms with van der Waals surface area (Å²) in [4.78, 5) is -0.781. The van der Waals surface area contributed by atoms with Crippen molar-refractivity contribution in [3.05, 3.63) is 70.4 Å². The van der Waals surface area contributed by atoms with Gasteiger partial charge in [-0.3, -0.25) is 4.72 Å². The van der Waals surface area contributed by atoms with Crippen molar-refractivity contribution in [2.45, 2.75) is 11.3 Å². The van der Waals surface area contributed by atoms with E-state index in [9.17, 15) is 21.2 Å². The average Bonchev–Trinajstić information content (AvgIpc) is 2.47. The van der Waals surface area contributed by atoms with Crippen LogP contribution >= 0.6 is 11.6 Å². The lowest BCUT2D eigenvalue weighted by atomic mass is 10.1. The molecule has 2 aromatic rings. The number of allylic oxidation sites excluding steroid dienone is 1. The molecule has 0 saturated heterocycles. The number of nitrogens with two attached hydrogens (primary N) is 1. The first-order chi connectivity index (χ1) is 11.5. The molecule has 0 amide bonds. The van der Waals surface area contributed by atoms with Crippen molar-refractivity contribution >= 4 is 37.3 Å². The van der Waals surface area contributed by atoms with E-state index >= 15 is 0 Å². The molecule has 0 saturated carbocycles. The first-order valence-corrected chi connectivity index (χ1v) is 10.2. The zero-order chi connectivity index (χ0) is 18.8. The summed E-state index contributed by atoms with van der Waals surface area (Å²) in [6, 6.07) is 8.91. The molecule has 0 spiro atoms. The third-order valence-electron chi connectivity index (χ3n) is 3.19. The van der Waals surface area contributed by atoms with Crippen LogP contribution in [0, 0.1) is 5.82 Å². The molecule has 0 atom stereocenters. The van der Waals surface area contributed by atoms with Gasteiger partial charge in [0.05, 0.1) is 10.6 Å². The van der Waals surface area contributed by atoms with E-state index in [1.54, 1.807) is 24.3 Å². The highest BCUT2D eigenvalue weighted by Crippen LogP contribution is 2.25. The summed E-state index contributed by atoms with van der Waals surface area (Å²) in [5.41, 5.74) is 0.144. The predicted molar refractivity (Wildman–Crippen MR) is 94.6 cm³/mol. The van der Waals surface area contributed by atoms with Crippen molar-refractivity contribution < 1.29 is 21.2 Å². The standard InChI is InChI=1S/C15H14ClFN2O4S2/c1-10(8-11-2-4-12(16)5-3-11)25(22,23)19-14-9-13(17)6-7-15(14)24(18,20)21/h2-7,9,19H,1,8H2,(H2,18,20,21).